The number of ether oxygens (including phenoxy) is 1. The third-order valence-corrected chi connectivity index (χ3v) is 5.42. The van der Waals surface area contributed by atoms with Crippen molar-refractivity contribution in [2.24, 2.45) is 0 Å². The van der Waals surface area contributed by atoms with E-state index in [0.29, 0.717) is 4.13 Å². The highest BCUT2D eigenvalue weighted by Crippen LogP contribution is 2.22. The molecular formula is C11H9F3INO7S2. The zero-order valence-electron chi connectivity index (χ0n) is 11.9. The number of alkyl halides is 3. The van der Waals surface area contributed by atoms with Crippen LogP contribution in [0.1, 0.15) is 5.56 Å². The summed E-state index contributed by atoms with van der Waals surface area (Å²) in [6.45, 7) is 2.61. The van der Waals surface area contributed by atoms with Crippen molar-refractivity contribution < 1.29 is 43.7 Å². The molecule has 140 valence electrons. The number of rotatable bonds is 7. The highest BCUT2D eigenvalue weighted by atomic mass is 127. The minimum absolute atomic E-state index is 0.104. The summed E-state index contributed by atoms with van der Waals surface area (Å²) in [7, 11) is -11.3. The third-order valence-electron chi connectivity index (χ3n) is 2.25. The van der Waals surface area contributed by atoms with Crippen LogP contribution >= 0.6 is 22.6 Å². The predicted molar refractivity (Wildman–Crippen MR) is 87.1 cm³/mol. The summed E-state index contributed by atoms with van der Waals surface area (Å²) in [5.74, 6) is -0.596. The van der Waals surface area contributed by atoms with Gasteiger partial charge in [-0.05, 0) is 40.3 Å². The van der Waals surface area contributed by atoms with Crippen LogP contribution in [0.25, 0.3) is 0 Å². The van der Waals surface area contributed by atoms with Gasteiger partial charge in [0.15, 0.2) is 0 Å². The summed E-state index contributed by atoms with van der Waals surface area (Å²) in [5.41, 5.74) is -5.65. The van der Waals surface area contributed by atoms with E-state index in [9.17, 15) is 34.8 Å². The minimum Gasteiger partial charge on any atom is -0.423 e. The molecule has 8 nitrogen and oxygen atoms in total. The number of carbonyl (C=O) groups excluding carboxylic acids is 1. The molecule has 0 atom stereocenters. The molecule has 1 aromatic carbocycles. The fourth-order valence-electron chi connectivity index (χ4n) is 1.17. The minimum atomic E-state index is -6.12. The van der Waals surface area contributed by atoms with Crippen molar-refractivity contribution in [2.45, 2.75) is 12.1 Å². The molecule has 25 heavy (non-hydrogen) atoms. The Bertz CT molecular complexity index is 864. The molecule has 0 aliphatic rings. The molecule has 1 N–H and O–H groups in total. The summed E-state index contributed by atoms with van der Waals surface area (Å²) in [6, 6.07) is 5.05. The largest absolute Gasteiger partial charge is 0.512 e. The van der Waals surface area contributed by atoms with Gasteiger partial charge < -0.3 is 4.74 Å². The quantitative estimate of drug-likeness (QED) is 0.255. The molecule has 0 saturated carbocycles. The number of halogens is 4. The molecule has 0 unspecified atom stereocenters. The normalized spacial score (nSPS) is 12.6. The molecular weight excluding hydrogens is 506 g/mol. The topological polar surface area (TPSA) is 116 Å². The average Bonchev–Trinajstić information content (AvgIpc) is 2.44. The highest BCUT2D eigenvalue weighted by Gasteiger charge is 2.48. The average molecular weight is 515 g/mol. The number of nitrogens with one attached hydrogen (secondary N) is 1. The van der Waals surface area contributed by atoms with Gasteiger partial charge in [-0.2, -0.15) is 21.6 Å². The molecule has 0 heterocycles. The van der Waals surface area contributed by atoms with Gasteiger partial charge in [0.05, 0.1) is 10.2 Å². The van der Waals surface area contributed by atoms with Gasteiger partial charge in [-0.1, -0.05) is 22.8 Å². The van der Waals surface area contributed by atoms with E-state index in [0.717, 1.165) is 0 Å². The van der Waals surface area contributed by atoms with Gasteiger partial charge in [-0.25, -0.2) is 13.2 Å². The fourth-order valence-corrected chi connectivity index (χ4v) is 3.21. The van der Waals surface area contributed by atoms with Crippen LogP contribution in [-0.4, -0.2) is 28.3 Å². The Morgan fingerprint density at radius 1 is 1.16 bits per heavy atom. The number of esters is 1. The first-order valence-electron chi connectivity index (χ1n) is 5.88. The second-order valence-corrected chi connectivity index (χ2v) is 8.77. The van der Waals surface area contributed by atoms with Crippen molar-refractivity contribution in [1.29, 1.82) is 0 Å². The van der Waals surface area contributed by atoms with Crippen molar-refractivity contribution in [2.75, 3.05) is 0 Å². The van der Waals surface area contributed by atoms with Gasteiger partial charge >= 0.3 is 31.8 Å². The Balaban J connectivity index is 2.72. The maximum Gasteiger partial charge on any atom is 0.512 e. The molecule has 0 aromatic heterocycles. The molecule has 14 heteroatoms. The van der Waals surface area contributed by atoms with Crippen LogP contribution in [-0.2, 0) is 35.9 Å². The number of sulfonamides is 1. The molecule has 0 saturated heterocycles. The molecule has 0 fully saturated rings. The van der Waals surface area contributed by atoms with E-state index in [1.54, 1.807) is 22.6 Å². The van der Waals surface area contributed by atoms with Gasteiger partial charge in [0, 0.05) is 0 Å². The van der Waals surface area contributed by atoms with E-state index in [1.807, 2.05) is 0 Å². The molecule has 0 aliphatic carbocycles. The first-order chi connectivity index (χ1) is 11.2. The third kappa shape index (κ3) is 6.89. The number of hydrogen-bond donors (Lipinski definition) is 1. The molecule has 0 bridgehead atoms. The Morgan fingerprint density at radius 2 is 1.68 bits per heavy atom. The van der Waals surface area contributed by atoms with E-state index in [1.165, 1.54) is 24.3 Å². The van der Waals surface area contributed by atoms with Crippen LogP contribution < -0.4 is 8.86 Å². The number of hydrogen-bond acceptors (Lipinski definition) is 7. The van der Waals surface area contributed by atoms with Crippen molar-refractivity contribution in [3.8, 4) is 5.75 Å². The summed E-state index contributed by atoms with van der Waals surface area (Å²) < 4.78 is 89.9. The zero-order valence-corrected chi connectivity index (χ0v) is 15.7. The summed E-state index contributed by atoms with van der Waals surface area (Å²) in [5, 5.41) is 0. The smallest absolute Gasteiger partial charge is 0.423 e. The fraction of sp³-hybridized carbons (Fsp3) is 0.182. The first kappa shape index (κ1) is 21.8. The number of benzene rings is 1. The summed E-state index contributed by atoms with van der Waals surface area (Å²) >= 11 is 1.65. The van der Waals surface area contributed by atoms with Gasteiger partial charge in [0.1, 0.15) is 5.75 Å². The molecule has 0 radical (unpaired) electrons. The number of carbonyl (C=O) groups is 1. The zero-order chi connectivity index (χ0) is 19.5. The SMILES string of the molecule is C=C(I)C(=O)Oc1ccc(COS(=O)(=O)NS(=O)(=O)C(F)(F)F)cc1. The maximum absolute atomic E-state index is 12.1. The Labute approximate surface area is 154 Å². The van der Waals surface area contributed by atoms with Crippen LogP contribution in [0, 0.1) is 0 Å². The highest BCUT2D eigenvalue weighted by molar-refractivity contribution is 14.1. The molecule has 0 amide bonds. The van der Waals surface area contributed by atoms with Gasteiger partial charge in [0.2, 0.25) is 0 Å². The summed E-state index contributed by atoms with van der Waals surface area (Å²) in [4.78, 5) is 11.3. The van der Waals surface area contributed by atoms with E-state index >= 15 is 0 Å². The lowest BCUT2D eigenvalue weighted by Crippen LogP contribution is -2.40. The van der Waals surface area contributed by atoms with Crippen LogP contribution in [0.5, 0.6) is 5.75 Å². The molecule has 1 rings (SSSR count). The van der Waals surface area contributed by atoms with E-state index in [4.69, 9.17) is 4.74 Å². The monoisotopic (exact) mass is 515 g/mol. The van der Waals surface area contributed by atoms with E-state index in [-0.39, 0.29) is 14.9 Å². The second kappa shape index (κ2) is 7.98. The maximum atomic E-state index is 12.1. The van der Waals surface area contributed by atoms with E-state index < -0.39 is 38.4 Å². The van der Waals surface area contributed by atoms with Gasteiger partial charge in [0.25, 0.3) is 0 Å². The van der Waals surface area contributed by atoms with Crippen LogP contribution in [0.3, 0.4) is 0 Å². The van der Waals surface area contributed by atoms with Crippen molar-refractivity contribution >= 4 is 48.9 Å². The van der Waals surface area contributed by atoms with Crippen molar-refractivity contribution in [3.63, 3.8) is 0 Å². The van der Waals surface area contributed by atoms with E-state index in [2.05, 4.69) is 10.8 Å². The lowest BCUT2D eigenvalue weighted by molar-refractivity contribution is -0.129. The predicted octanol–water partition coefficient (Wildman–Crippen LogP) is 1.74. The van der Waals surface area contributed by atoms with Crippen molar-refractivity contribution in [3.05, 3.63) is 40.0 Å². The molecule has 0 spiro atoms. The standard InChI is InChI=1S/C11H9F3INO7S2/c1-7(15)10(17)23-9-4-2-8(3-5-9)6-22-25(20,21)16-24(18,19)11(12,13)14/h2-5,16H,1,6H2. The van der Waals surface area contributed by atoms with Crippen molar-refractivity contribution in [1.82, 2.24) is 4.13 Å². The Morgan fingerprint density at radius 3 is 2.12 bits per heavy atom. The molecule has 0 aliphatic heterocycles. The van der Waals surface area contributed by atoms with Gasteiger partial charge in [-0.3, -0.25) is 4.18 Å². The lowest BCUT2D eigenvalue weighted by atomic mass is 10.2. The lowest BCUT2D eigenvalue weighted by Gasteiger charge is -2.10. The van der Waals surface area contributed by atoms with Crippen LogP contribution in [0.15, 0.2) is 34.4 Å². The first-order valence-corrected chi connectivity index (χ1v) is 9.85. The van der Waals surface area contributed by atoms with Crippen LogP contribution in [0.4, 0.5) is 13.2 Å². The second-order valence-electron chi connectivity index (χ2n) is 4.19. The van der Waals surface area contributed by atoms with Gasteiger partial charge in [-0.15, -0.1) is 0 Å². The molecule has 1 aromatic rings. The Hall–Kier alpha value is -1.23. The Kier molecular flexibility index (Phi) is 6.96. The van der Waals surface area contributed by atoms with Crippen LogP contribution in [0.2, 0.25) is 0 Å². The summed E-state index contributed by atoms with van der Waals surface area (Å²) in [6.07, 6.45) is 0.